The van der Waals surface area contributed by atoms with Crippen molar-refractivity contribution in [1.29, 1.82) is 0 Å². The van der Waals surface area contributed by atoms with Crippen molar-refractivity contribution in [2.45, 2.75) is 33.6 Å². The van der Waals surface area contributed by atoms with Gasteiger partial charge in [0.2, 0.25) is 0 Å². The molecule has 0 aromatic carbocycles. The van der Waals surface area contributed by atoms with Crippen molar-refractivity contribution in [1.82, 2.24) is 10.4 Å². The number of nitrogens with zero attached hydrogens (tertiary/aromatic N) is 1. The Morgan fingerprint density at radius 1 is 1.10 bits per heavy atom. The van der Waals surface area contributed by atoms with E-state index in [0.29, 0.717) is 0 Å². The summed E-state index contributed by atoms with van der Waals surface area (Å²) in [6, 6.07) is 0. The van der Waals surface area contributed by atoms with Gasteiger partial charge in [-0.3, -0.25) is 5.43 Å². The fourth-order valence-corrected chi connectivity index (χ4v) is 0.861. The molecule has 0 aliphatic rings. The molecule has 0 spiro atoms. The van der Waals surface area contributed by atoms with Crippen molar-refractivity contribution in [3.05, 3.63) is 0 Å². The van der Waals surface area contributed by atoms with E-state index in [2.05, 4.69) is 31.2 Å². The number of rotatable bonds is 6. The molecule has 2 nitrogen and oxygen atoms in total. The molecule has 0 radical (unpaired) electrons. The zero-order valence-electron chi connectivity index (χ0n) is 7.48. The second-order valence-electron chi connectivity index (χ2n) is 2.43. The number of hydrazine groups is 1. The number of hydrogen-bond donors (Lipinski definition) is 1. The van der Waals surface area contributed by atoms with Crippen molar-refractivity contribution < 1.29 is 0 Å². The monoisotopic (exact) mass is 144 g/mol. The predicted molar refractivity (Wildman–Crippen MR) is 45.8 cm³/mol. The summed E-state index contributed by atoms with van der Waals surface area (Å²) in [5.41, 5.74) is 3.35. The van der Waals surface area contributed by atoms with Gasteiger partial charge in [-0.05, 0) is 6.42 Å². The molecular formula is C8H20N2. The SMILES string of the molecule is CCCCNN(CC)CC. The Balaban J connectivity index is 3.09. The first-order valence-electron chi connectivity index (χ1n) is 4.33. The molecule has 0 aliphatic heterocycles. The highest BCUT2D eigenvalue weighted by Gasteiger charge is 1.94. The molecule has 0 bridgehead atoms. The zero-order valence-corrected chi connectivity index (χ0v) is 7.48. The molecule has 0 rings (SSSR count). The van der Waals surface area contributed by atoms with Gasteiger partial charge in [0.05, 0.1) is 0 Å². The van der Waals surface area contributed by atoms with E-state index in [0.717, 1.165) is 19.6 Å². The normalized spacial score (nSPS) is 10.8. The lowest BCUT2D eigenvalue weighted by molar-refractivity contribution is 0.208. The highest BCUT2D eigenvalue weighted by molar-refractivity contribution is 4.45. The van der Waals surface area contributed by atoms with Gasteiger partial charge < -0.3 is 0 Å². The number of unbranched alkanes of at least 4 members (excludes halogenated alkanes) is 1. The minimum absolute atomic E-state index is 1.10. The lowest BCUT2D eigenvalue weighted by atomic mass is 10.3. The average Bonchev–Trinajstić information content (AvgIpc) is 1.99. The Morgan fingerprint density at radius 2 is 1.70 bits per heavy atom. The Kier molecular flexibility index (Phi) is 6.98. The highest BCUT2D eigenvalue weighted by Crippen LogP contribution is 1.85. The molecule has 10 heavy (non-hydrogen) atoms. The summed E-state index contributed by atoms with van der Waals surface area (Å²) in [7, 11) is 0. The molecule has 0 saturated carbocycles. The lowest BCUT2D eigenvalue weighted by Gasteiger charge is -2.18. The van der Waals surface area contributed by atoms with E-state index in [1.165, 1.54) is 12.8 Å². The van der Waals surface area contributed by atoms with Crippen LogP contribution in [0.15, 0.2) is 0 Å². The third-order valence-electron chi connectivity index (χ3n) is 1.63. The zero-order chi connectivity index (χ0) is 7.82. The van der Waals surface area contributed by atoms with Crippen molar-refractivity contribution in [2.24, 2.45) is 0 Å². The third-order valence-corrected chi connectivity index (χ3v) is 1.63. The van der Waals surface area contributed by atoms with Gasteiger partial charge in [0.25, 0.3) is 0 Å². The Morgan fingerprint density at radius 3 is 2.10 bits per heavy atom. The molecule has 2 heteroatoms. The van der Waals surface area contributed by atoms with E-state index in [1.807, 2.05) is 0 Å². The van der Waals surface area contributed by atoms with Gasteiger partial charge in [-0.15, -0.1) is 0 Å². The Labute approximate surface area is 64.6 Å². The predicted octanol–water partition coefficient (Wildman–Crippen LogP) is 1.63. The minimum atomic E-state index is 1.10. The molecule has 62 valence electrons. The average molecular weight is 144 g/mol. The van der Waals surface area contributed by atoms with Crippen molar-refractivity contribution >= 4 is 0 Å². The van der Waals surface area contributed by atoms with Gasteiger partial charge in [-0.1, -0.05) is 27.2 Å². The summed E-state index contributed by atoms with van der Waals surface area (Å²) in [5, 5.41) is 2.23. The van der Waals surface area contributed by atoms with Crippen LogP contribution in [0, 0.1) is 0 Å². The highest BCUT2D eigenvalue weighted by atomic mass is 15.5. The molecule has 0 atom stereocenters. The van der Waals surface area contributed by atoms with Gasteiger partial charge in [-0.25, -0.2) is 5.01 Å². The van der Waals surface area contributed by atoms with E-state index < -0.39 is 0 Å². The van der Waals surface area contributed by atoms with Crippen LogP contribution in [-0.4, -0.2) is 24.6 Å². The molecule has 0 fully saturated rings. The van der Waals surface area contributed by atoms with Gasteiger partial charge in [-0.2, -0.15) is 0 Å². The maximum Gasteiger partial charge on any atom is 0.0102 e. The largest absolute Gasteiger partial charge is 0.255 e. The molecule has 1 N–H and O–H groups in total. The van der Waals surface area contributed by atoms with Gasteiger partial charge in [0.15, 0.2) is 0 Å². The summed E-state index contributed by atoms with van der Waals surface area (Å²) in [6.45, 7) is 9.87. The quantitative estimate of drug-likeness (QED) is 0.450. The van der Waals surface area contributed by atoms with E-state index >= 15 is 0 Å². The van der Waals surface area contributed by atoms with Crippen LogP contribution in [-0.2, 0) is 0 Å². The number of nitrogens with one attached hydrogen (secondary N) is 1. The maximum absolute atomic E-state index is 3.35. The van der Waals surface area contributed by atoms with Gasteiger partial charge in [0, 0.05) is 19.6 Å². The minimum Gasteiger partial charge on any atom is -0.255 e. The smallest absolute Gasteiger partial charge is 0.0102 e. The molecule has 0 aliphatic carbocycles. The summed E-state index contributed by atoms with van der Waals surface area (Å²) >= 11 is 0. The van der Waals surface area contributed by atoms with Crippen LogP contribution < -0.4 is 5.43 Å². The summed E-state index contributed by atoms with van der Waals surface area (Å²) in [5.74, 6) is 0. The second kappa shape index (κ2) is 7.03. The molecular weight excluding hydrogens is 124 g/mol. The second-order valence-corrected chi connectivity index (χ2v) is 2.43. The topological polar surface area (TPSA) is 15.3 Å². The van der Waals surface area contributed by atoms with E-state index in [-0.39, 0.29) is 0 Å². The Hall–Kier alpha value is -0.0800. The van der Waals surface area contributed by atoms with Gasteiger partial charge in [0.1, 0.15) is 0 Å². The summed E-state index contributed by atoms with van der Waals surface area (Å²) < 4.78 is 0. The first-order chi connectivity index (χ1) is 4.85. The molecule has 0 amide bonds. The molecule has 0 saturated heterocycles. The van der Waals surface area contributed by atoms with Crippen LogP contribution in [0.25, 0.3) is 0 Å². The van der Waals surface area contributed by atoms with E-state index in [1.54, 1.807) is 0 Å². The van der Waals surface area contributed by atoms with Crippen LogP contribution in [0.3, 0.4) is 0 Å². The standard InChI is InChI=1S/C8H20N2/c1-4-7-8-9-10(5-2)6-3/h9H,4-8H2,1-3H3. The molecule has 0 unspecified atom stereocenters. The number of hydrogen-bond acceptors (Lipinski definition) is 2. The van der Waals surface area contributed by atoms with Crippen molar-refractivity contribution in [2.75, 3.05) is 19.6 Å². The fraction of sp³-hybridized carbons (Fsp3) is 1.00. The van der Waals surface area contributed by atoms with Crippen molar-refractivity contribution in [3.63, 3.8) is 0 Å². The summed E-state index contributed by atoms with van der Waals surface area (Å²) in [4.78, 5) is 0. The molecule has 0 aromatic rings. The van der Waals surface area contributed by atoms with Crippen LogP contribution in [0.4, 0.5) is 0 Å². The third kappa shape index (κ3) is 4.77. The van der Waals surface area contributed by atoms with E-state index in [9.17, 15) is 0 Å². The van der Waals surface area contributed by atoms with Crippen LogP contribution in [0.2, 0.25) is 0 Å². The Bertz CT molecular complexity index is 60.3. The fourth-order valence-electron chi connectivity index (χ4n) is 0.861. The van der Waals surface area contributed by atoms with Crippen LogP contribution in [0.1, 0.15) is 33.6 Å². The van der Waals surface area contributed by atoms with Crippen LogP contribution in [0.5, 0.6) is 0 Å². The first kappa shape index (κ1) is 9.92. The molecule has 0 aromatic heterocycles. The first-order valence-corrected chi connectivity index (χ1v) is 4.33. The van der Waals surface area contributed by atoms with Crippen LogP contribution >= 0.6 is 0 Å². The van der Waals surface area contributed by atoms with Crippen molar-refractivity contribution in [3.8, 4) is 0 Å². The lowest BCUT2D eigenvalue weighted by Crippen LogP contribution is -2.38. The van der Waals surface area contributed by atoms with Gasteiger partial charge >= 0.3 is 0 Å². The summed E-state index contributed by atoms with van der Waals surface area (Å²) in [6.07, 6.45) is 2.55. The molecule has 0 heterocycles. The van der Waals surface area contributed by atoms with E-state index in [4.69, 9.17) is 0 Å². The maximum atomic E-state index is 3.35.